The second-order valence-electron chi connectivity index (χ2n) is 8.86. The minimum atomic E-state index is -1.04. The Hall–Kier alpha value is -2.45. The quantitative estimate of drug-likeness (QED) is 0.602. The number of rotatable bonds is 7. The molecular formula is C23H31N3O5. The van der Waals surface area contributed by atoms with Gasteiger partial charge in [-0.25, -0.2) is 0 Å². The number of para-hydroxylation sites is 1. The number of nitrogens with zero attached hydrogens (tertiary/aromatic N) is 1. The Kier molecular flexibility index (Phi) is 5.79. The van der Waals surface area contributed by atoms with Crippen LogP contribution in [0.25, 0.3) is 0 Å². The highest BCUT2D eigenvalue weighted by atomic mass is 16.5. The van der Waals surface area contributed by atoms with Crippen molar-refractivity contribution < 1.29 is 24.2 Å². The van der Waals surface area contributed by atoms with Crippen molar-refractivity contribution in [2.24, 2.45) is 11.8 Å². The molecule has 3 amide bonds. The first-order valence-electron chi connectivity index (χ1n) is 11.1. The maximum atomic E-state index is 13.6. The third-order valence-electron chi connectivity index (χ3n) is 6.97. The molecule has 0 aliphatic carbocycles. The molecule has 2 unspecified atom stereocenters. The molecule has 3 saturated heterocycles. The summed E-state index contributed by atoms with van der Waals surface area (Å²) in [5.74, 6) is -2.12. The number of hydrogen-bond acceptors (Lipinski definition) is 5. The van der Waals surface area contributed by atoms with Crippen LogP contribution in [-0.4, -0.2) is 65.2 Å². The van der Waals surface area contributed by atoms with Gasteiger partial charge in [-0.15, -0.1) is 0 Å². The van der Waals surface area contributed by atoms with Crippen molar-refractivity contribution in [1.29, 1.82) is 0 Å². The first-order valence-corrected chi connectivity index (χ1v) is 11.1. The normalized spacial score (nSPS) is 31.1. The fourth-order valence-corrected chi connectivity index (χ4v) is 5.67. The minimum absolute atomic E-state index is 0.0270. The van der Waals surface area contributed by atoms with Crippen LogP contribution in [0.2, 0.25) is 0 Å². The summed E-state index contributed by atoms with van der Waals surface area (Å²) in [5, 5.41) is 15.5. The van der Waals surface area contributed by atoms with Gasteiger partial charge in [0.15, 0.2) is 0 Å². The van der Waals surface area contributed by atoms with E-state index < -0.39 is 23.5 Å². The summed E-state index contributed by atoms with van der Waals surface area (Å²) in [4.78, 5) is 41.3. The number of likely N-dealkylation sites (tertiary alicyclic amines) is 1. The Morgan fingerprint density at radius 1 is 1.26 bits per heavy atom. The van der Waals surface area contributed by atoms with E-state index in [0.29, 0.717) is 25.1 Å². The molecule has 3 aliphatic heterocycles. The first kappa shape index (κ1) is 21.8. The molecule has 1 spiro atoms. The molecule has 3 aliphatic rings. The number of hydrogen-bond donors (Lipinski definition) is 3. The number of carbonyl (C=O) groups excluding carboxylic acids is 3. The van der Waals surface area contributed by atoms with Crippen molar-refractivity contribution in [2.45, 2.75) is 57.8 Å². The SMILES string of the molecule is CCCNC(=O)[C@@H]1[C@@H]2CCC3(O2)C(C(=O)Nc2c(C)cccc2C)N(CCO)C(=O)[C@H]13. The molecule has 3 fully saturated rings. The molecule has 8 nitrogen and oxygen atoms in total. The lowest BCUT2D eigenvalue weighted by Crippen LogP contribution is -2.54. The molecule has 0 saturated carbocycles. The molecule has 2 bridgehead atoms. The van der Waals surface area contributed by atoms with Crippen LogP contribution in [-0.2, 0) is 19.1 Å². The fraction of sp³-hybridized carbons (Fsp3) is 0.609. The Morgan fingerprint density at radius 2 is 1.97 bits per heavy atom. The van der Waals surface area contributed by atoms with Crippen molar-refractivity contribution in [3.05, 3.63) is 29.3 Å². The monoisotopic (exact) mass is 429 g/mol. The number of anilines is 1. The zero-order chi connectivity index (χ0) is 22.3. The molecule has 31 heavy (non-hydrogen) atoms. The van der Waals surface area contributed by atoms with Gasteiger partial charge in [-0.3, -0.25) is 14.4 Å². The van der Waals surface area contributed by atoms with Crippen molar-refractivity contribution in [3.8, 4) is 0 Å². The molecule has 1 aromatic rings. The van der Waals surface area contributed by atoms with Crippen molar-refractivity contribution >= 4 is 23.4 Å². The van der Waals surface area contributed by atoms with Gasteiger partial charge in [0.05, 0.1) is 24.5 Å². The molecule has 0 radical (unpaired) electrons. The van der Waals surface area contributed by atoms with E-state index in [2.05, 4.69) is 10.6 Å². The average molecular weight is 430 g/mol. The highest BCUT2D eigenvalue weighted by Gasteiger charge is 2.74. The van der Waals surface area contributed by atoms with Gasteiger partial charge >= 0.3 is 0 Å². The second-order valence-corrected chi connectivity index (χ2v) is 8.86. The summed E-state index contributed by atoms with van der Waals surface area (Å²) in [6, 6.07) is 4.87. The summed E-state index contributed by atoms with van der Waals surface area (Å²) < 4.78 is 6.31. The van der Waals surface area contributed by atoms with E-state index in [1.54, 1.807) is 0 Å². The number of carbonyl (C=O) groups is 3. The van der Waals surface area contributed by atoms with E-state index in [1.165, 1.54) is 4.90 Å². The molecule has 3 N–H and O–H groups in total. The molecule has 168 valence electrons. The highest BCUT2D eigenvalue weighted by Crippen LogP contribution is 2.58. The molecule has 1 aromatic carbocycles. The van der Waals surface area contributed by atoms with Crippen LogP contribution in [0.5, 0.6) is 0 Å². The van der Waals surface area contributed by atoms with Gasteiger partial charge in [-0.1, -0.05) is 25.1 Å². The van der Waals surface area contributed by atoms with Gasteiger partial charge in [0.2, 0.25) is 17.7 Å². The van der Waals surface area contributed by atoms with E-state index in [0.717, 1.165) is 17.5 Å². The van der Waals surface area contributed by atoms with Crippen LogP contribution in [0.1, 0.15) is 37.3 Å². The van der Waals surface area contributed by atoms with Gasteiger partial charge in [-0.2, -0.15) is 0 Å². The number of aryl methyl sites for hydroxylation is 2. The number of ether oxygens (including phenoxy) is 1. The number of nitrogens with one attached hydrogen (secondary N) is 2. The molecule has 5 atom stereocenters. The number of benzene rings is 1. The minimum Gasteiger partial charge on any atom is -0.395 e. The molecule has 4 rings (SSSR count). The van der Waals surface area contributed by atoms with Crippen LogP contribution in [0.4, 0.5) is 5.69 Å². The third-order valence-corrected chi connectivity index (χ3v) is 6.97. The van der Waals surface area contributed by atoms with Gasteiger partial charge in [0.25, 0.3) is 0 Å². The van der Waals surface area contributed by atoms with E-state index in [-0.39, 0.29) is 37.0 Å². The summed E-state index contributed by atoms with van der Waals surface area (Å²) in [7, 11) is 0. The predicted octanol–water partition coefficient (Wildman–Crippen LogP) is 1.14. The largest absolute Gasteiger partial charge is 0.395 e. The number of aliphatic hydroxyl groups excluding tert-OH is 1. The summed E-state index contributed by atoms with van der Waals surface area (Å²) in [6.45, 7) is 6.10. The maximum absolute atomic E-state index is 13.6. The molecule has 0 aromatic heterocycles. The average Bonchev–Trinajstić information content (AvgIpc) is 3.37. The Balaban J connectivity index is 1.68. The topological polar surface area (TPSA) is 108 Å². The van der Waals surface area contributed by atoms with Gasteiger partial charge < -0.3 is 25.4 Å². The lowest BCUT2D eigenvalue weighted by atomic mass is 9.70. The number of amides is 3. The highest BCUT2D eigenvalue weighted by molar-refractivity contribution is 6.04. The number of fused-ring (bicyclic) bond motifs is 1. The smallest absolute Gasteiger partial charge is 0.250 e. The van der Waals surface area contributed by atoms with Crippen LogP contribution >= 0.6 is 0 Å². The van der Waals surface area contributed by atoms with Crippen molar-refractivity contribution in [1.82, 2.24) is 10.2 Å². The number of aliphatic hydroxyl groups is 1. The van der Waals surface area contributed by atoms with E-state index >= 15 is 0 Å². The fourth-order valence-electron chi connectivity index (χ4n) is 5.67. The lowest BCUT2D eigenvalue weighted by Gasteiger charge is -2.33. The first-order chi connectivity index (χ1) is 14.9. The Bertz CT molecular complexity index is 883. The Labute approximate surface area is 182 Å². The zero-order valence-corrected chi connectivity index (χ0v) is 18.3. The molecular weight excluding hydrogens is 398 g/mol. The van der Waals surface area contributed by atoms with E-state index in [9.17, 15) is 19.5 Å². The molecule has 8 heteroatoms. The summed E-state index contributed by atoms with van der Waals surface area (Å²) in [5.41, 5.74) is 1.53. The van der Waals surface area contributed by atoms with Crippen LogP contribution in [0, 0.1) is 25.7 Å². The Morgan fingerprint density at radius 3 is 2.61 bits per heavy atom. The van der Waals surface area contributed by atoms with E-state index in [4.69, 9.17) is 4.74 Å². The van der Waals surface area contributed by atoms with Crippen LogP contribution < -0.4 is 10.6 Å². The van der Waals surface area contributed by atoms with Crippen molar-refractivity contribution in [3.63, 3.8) is 0 Å². The van der Waals surface area contributed by atoms with Gasteiger partial charge in [0.1, 0.15) is 11.6 Å². The van der Waals surface area contributed by atoms with Crippen LogP contribution in [0.3, 0.4) is 0 Å². The standard InChI is InChI=1S/C23H31N3O5/c1-4-10-24-20(28)16-15-8-9-23(31-15)17(16)22(30)26(11-12-27)19(23)21(29)25-18-13(2)6-5-7-14(18)3/h5-7,15-17,19,27H,4,8-12H2,1-3H3,(H,24,28)(H,25,29)/t15-,16+,17-,19?,23?/m0/s1. The van der Waals surface area contributed by atoms with Crippen molar-refractivity contribution in [2.75, 3.05) is 25.0 Å². The zero-order valence-electron chi connectivity index (χ0n) is 18.3. The number of β-amino-alcohol motifs (C(OH)–C–C–N with tert-alkyl or cyclic N) is 1. The van der Waals surface area contributed by atoms with Gasteiger partial charge in [-0.05, 0) is 44.2 Å². The third kappa shape index (κ3) is 3.32. The lowest BCUT2D eigenvalue weighted by molar-refractivity contribution is -0.141. The maximum Gasteiger partial charge on any atom is 0.250 e. The van der Waals surface area contributed by atoms with Gasteiger partial charge in [0, 0.05) is 18.8 Å². The second kappa shape index (κ2) is 8.24. The summed E-state index contributed by atoms with van der Waals surface area (Å²) >= 11 is 0. The molecule has 3 heterocycles. The predicted molar refractivity (Wildman–Crippen MR) is 114 cm³/mol. The summed E-state index contributed by atoms with van der Waals surface area (Å²) in [6.07, 6.45) is 1.61. The van der Waals surface area contributed by atoms with Crippen LogP contribution in [0.15, 0.2) is 18.2 Å². The van der Waals surface area contributed by atoms with E-state index in [1.807, 2.05) is 39.0 Å².